The van der Waals surface area contributed by atoms with Crippen LogP contribution in [0.15, 0.2) is 23.6 Å². The molecule has 0 bridgehead atoms. The van der Waals surface area contributed by atoms with Gasteiger partial charge < -0.3 is 15.0 Å². The van der Waals surface area contributed by atoms with Gasteiger partial charge in [0.2, 0.25) is 5.91 Å². The number of pyridine rings is 1. The number of ether oxygens (including phenoxy) is 1. The van der Waals surface area contributed by atoms with E-state index in [1.165, 1.54) is 0 Å². The van der Waals surface area contributed by atoms with Gasteiger partial charge in [-0.25, -0.2) is 9.97 Å². The number of nitrogens with one attached hydrogen (secondary N) is 1. The number of carbonyl (C=O) groups excluding carboxylic acids is 1. The Morgan fingerprint density at radius 1 is 1.48 bits per heavy atom. The van der Waals surface area contributed by atoms with Gasteiger partial charge in [-0.15, -0.1) is 11.3 Å². The van der Waals surface area contributed by atoms with Crippen molar-refractivity contribution in [3.8, 4) is 0 Å². The Bertz CT molecular complexity index is 688. The summed E-state index contributed by atoms with van der Waals surface area (Å²) in [6.45, 7) is 2.84. The first kappa shape index (κ1) is 15.9. The summed E-state index contributed by atoms with van der Waals surface area (Å²) in [4.78, 5) is 23.1. The summed E-state index contributed by atoms with van der Waals surface area (Å²) in [5, 5.41) is 6.05. The number of rotatable bonds is 5. The highest BCUT2D eigenvalue weighted by Gasteiger charge is 2.30. The zero-order valence-corrected chi connectivity index (χ0v) is 14.1. The van der Waals surface area contributed by atoms with Crippen LogP contribution in [-0.2, 0) is 9.53 Å². The number of anilines is 2. The lowest BCUT2D eigenvalue weighted by Gasteiger charge is -2.24. The van der Waals surface area contributed by atoms with Gasteiger partial charge in [0.05, 0.1) is 17.4 Å². The Hall–Kier alpha value is -1.99. The van der Waals surface area contributed by atoms with Gasteiger partial charge >= 0.3 is 0 Å². The van der Waals surface area contributed by atoms with Gasteiger partial charge in [-0.3, -0.25) is 4.79 Å². The van der Waals surface area contributed by atoms with Crippen LogP contribution in [0.2, 0.25) is 0 Å². The number of hydrogen-bond acceptors (Lipinski definition) is 6. The van der Waals surface area contributed by atoms with Crippen molar-refractivity contribution >= 4 is 28.2 Å². The second-order valence-corrected chi connectivity index (χ2v) is 6.40. The molecule has 1 atom stereocenters. The van der Waals surface area contributed by atoms with Crippen LogP contribution in [0.25, 0.3) is 0 Å². The van der Waals surface area contributed by atoms with Gasteiger partial charge in [0, 0.05) is 19.0 Å². The largest absolute Gasteiger partial charge is 0.375 e. The fraction of sp³-hybridized carbons (Fsp3) is 0.438. The molecule has 3 rings (SSSR count). The molecular weight excluding hydrogens is 312 g/mol. The summed E-state index contributed by atoms with van der Waals surface area (Å²) in [7, 11) is 1.54. The van der Waals surface area contributed by atoms with Crippen LogP contribution in [0.5, 0.6) is 0 Å². The van der Waals surface area contributed by atoms with Crippen molar-refractivity contribution in [2.45, 2.75) is 25.8 Å². The minimum atomic E-state index is 0.0192. The van der Waals surface area contributed by atoms with Crippen molar-refractivity contribution in [1.82, 2.24) is 14.9 Å². The van der Waals surface area contributed by atoms with Gasteiger partial charge in [-0.2, -0.15) is 0 Å². The molecule has 23 heavy (non-hydrogen) atoms. The molecule has 0 aromatic carbocycles. The van der Waals surface area contributed by atoms with E-state index in [1.54, 1.807) is 18.4 Å². The molecule has 1 N–H and O–H groups in total. The summed E-state index contributed by atoms with van der Waals surface area (Å²) < 4.78 is 4.97. The van der Waals surface area contributed by atoms with E-state index in [1.807, 2.05) is 35.4 Å². The van der Waals surface area contributed by atoms with Crippen LogP contribution in [-0.4, -0.2) is 41.0 Å². The van der Waals surface area contributed by atoms with Crippen LogP contribution in [0.3, 0.4) is 0 Å². The van der Waals surface area contributed by atoms with Gasteiger partial charge in [-0.1, -0.05) is 6.07 Å². The normalized spacial score (nSPS) is 17.5. The van der Waals surface area contributed by atoms with Crippen molar-refractivity contribution < 1.29 is 9.53 Å². The van der Waals surface area contributed by atoms with E-state index in [-0.39, 0.29) is 18.6 Å². The summed E-state index contributed by atoms with van der Waals surface area (Å²) >= 11 is 1.55. The van der Waals surface area contributed by atoms with E-state index in [0.717, 1.165) is 41.7 Å². The van der Waals surface area contributed by atoms with E-state index >= 15 is 0 Å². The highest BCUT2D eigenvalue weighted by molar-refractivity contribution is 7.13. The molecule has 7 heteroatoms. The van der Waals surface area contributed by atoms with Gasteiger partial charge in [0.15, 0.2) is 5.13 Å². The Morgan fingerprint density at radius 3 is 3.09 bits per heavy atom. The number of nitrogens with zero attached hydrogens (tertiary/aromatic N) is 3. The SMILES string of the molecule is COCC(=O)N1CCC[C@@H]1c1cccc(Nc2nc(C)cs2)n1. The molecule has 1 fully saturated rings. The summed E-state index contributed by atoms with van der Waals surface area (Å²) in [6.07, 6.45) is 1.92. The van der Waals surface area contributed by atoms with E-state index in [0.29, 0.717) is 0 Å². The topological polar surface area (TPSA) is 67.3 Å². The fourth-order valence-electron chi connectivity index (χ4n) is 2.81. The van der Waals surface area contributed by atoms with Crippen LogP contribution in [0, 0.1) is 6.92 Å². The molecule has 2 aromatic rings. The van der Waals surface area contributed by atoms with Crippen LogP contribution in [0.1, 0.15) is 30.3 Å². The maximum Gasteiger partial charge on any atom is 0.249 e. The number of hydrogen-bond donors (Lipinski definition) is 1. The van der Waals surface area contributed by atoms with Crippen molar-refractivity contribution in [2.75, 3.05) is 25.6 Å². The van der Waals surface area contributed by atoms with Gasteiger partial charge in [-0.05, 0) is 31.9 Å². The van der Waals surface area contributed by atoms with Crippen LogP contribution < -0.4 is 5.32 Å². The quantitative estimate of drug-likeness (QED) is 0.912. The first-order chi connectivity index (χ1) is 11.2. The van der Waals surface area contributed by atoms with Crippen LogP contribution >= 0.6 is 11.3 Å². The Balaban J connectivity index is 1.77. The molecule has 1 aliphatic rings. The molecule has 1 aliphatic heterocycles. The molecule has 6 nitrogen and oxygen atoms in total. The third kappa shape index (κ3) is 3.68. The average Bonchev–Trinajstić information content (AvgIpc) is 3.17. The summed E-state index contributed by atoms with van der Waals surface area (Å²) in [5.41, 5.74) is 1.89. The van der Waals surface area contributed by atoms with Crippen molar-refractivity contribution in [1.29, 1.82) is 0 Å². The number of likely N-dealkylation sites (tertiary alicyclic amines) is 1. The third-order valence-corrected chi connectivity index (χ3v) is 4.68. The number of thiazole rings is 1. The molecule has 0 saturated carbocycles. The Labute approximate surface area is 139 Å². The Kier molecular flexibility index (Phi) is 4.88. The molecule has 1 saturated heterocycles. The smallest absolute Gasteiger partial charge is 0.249 e. The first-order valence-electron chi connectivity index (χ1n) is 7.62. The monoisotopic (exact) mass is 332 g/mol. The maximum absolute atomic E-state index is 12.2. The zero-order valence-electron chi connectivity index (χ0n) is 13.3. The van der Waals surface area contributed by atoms with E-state index < -0.39 is 0 Å². The lowest BCUT2D eigenvalue weighted by atomic mass is 10.1. The lowest BCUT2D eigenvalue weighted by Crippen LogP contribution is -2.33. The van der Waals surface area contributed by atoms with E-state index in [4.69, 9.17) is 4.74 Å². The van der Waals surface area contributed by atoms with E-state index in [2.05, 4.69) is 15.3 Å². The molecule has 0 unspecified atom stereocenters. The lowest BCUT2D eigenvalue weighted by molar-refractivity contribution is -0.136. The number of aromatic nitrogens is 2. The molecule has 0 aliphatic carbocycles. The predicted molar refractivity (Wildman–Crippen MR) is 89.9 cm³/mol. The number of aryl methyl sites for hydroxylation is 1. The third-order valence-electron chi connectivity index (χ3n) is 3.81. The van der Waals surface area contributed by atoms with E-state index in [9.17, 15) is 4.79 Å². The van der Waals surface area contributed by atoms with Crippen molar-refractivity contribution in [3.05, 3.63) is 35.0 Å². The molecule has 3 heterocycles. The Morgan fingerprint density at radius 2 is 2.35 bits per heavy atom. The van der Waals surface area contributed by atoms with Gasteiger partial charge in [0.1, 0.15) is 12.4 Å². The molecule has 122 valence electrons. The maximum atomic E-state index is 12.2. The minimum Gasteiger partial charge on any atom is -0.375 e. The minimum absolute atomic E-state index is 0.0192. The highest BCUT2D eigenvalue weighted by Crippen LogP contribution is 2.31. The zero-order chi connectivity index (χ0) is 16.2. The second-order valence-electron chi connectivity index (χ2n) is 5.54. The molecule has 2 aromatic heterocycles. The van der Waals surface area contributed by atoms with Crippen molar-refractivity contribution in [2.24, 2.45) is 0 Å². The summed E-state index contributed by atoms with van der Waals surface area (Å²) in [5.74, 6) is 0.772. The number of methoxy groups -OCH3 is 1. The highest BCUT2D eigenvalue weighted by atomic mass is 32.1. The van der Waals surface area contributed by atoms with Gasteiger partial charge in [0.25, 0.3) is 0 Å². The molecule has 1 amide bonds. The van der Waals surface area contributed by atoms with Crippen molar-refractivity contribution in [3.63, 3.8) is 0 Å². The van der Waals surface area contributed by atoms with Crippen LogP contribution in [0.4, 0.5) is 10.9 Å². The molecule has 0 spiro atoms. The number of amides is 1. The molecular formula is C16H20N4O2S. The first-order valence-corrected chi connectivity index (χ1v) is 8.50. The fourth-order valence-corrected chi connectivity index (χ4v) is 3.50. The average molecular weight is 332 g/mol. The number of carbonyl (C=O) groups is 1. The standard InChI is InChI=1S/C16H20N4O2S/c1-11-10-23-16(17-11)19-14-7-3-5-12(18-14)13-6-4-8-20(13)15(21)9-22-2/h3,5,7,10,13H,4,6,8-9H2,1-2H3,(H,17,18,19)/t13-/m1/s1. The summed E-state index contributed by atoms with van der Waals surface area (Å²) in [6, 6.07) is 5.87. The second kappa shape index (κ2) is 7.06. The molecule has 0 radical (unpaired) electrons. The predicted octanol–water partition coefficient (Wildman–Crippen LogP) is 2.90.